The number of rotatable bonds is 5. The minimum atomic E-state index is -3.54. The summed E-state index contributed by atoms with van der Waals surface area (Å²) in [6.07, 6.45) is 7.69. The fourth-order valence-electron chi connectivity index (χ4n) is 4.89. The molecule has 0 atom stereocenters. The number of hydrogen-bond donors (Lipinski definition) is 1. The minimum absolute atomic E-state index is 0.0463. The number of aromatic nitrogens is 6. The van der Waals surface area contributed by atoms with Gasteiger partial charge in [0.1, 0.15) is 10.4 Å². The summed E-state index contributed by atoms with van der Waals surface area (Å²) in [5.74, 6) is 0.466. The van der Waals surface area contributed by atoms with Crippen LogP contribution in [0.1, 0.15) is 31.7 Å². The predicted octanol–water partition coefficient (Wildman–Crippen LogP) is 0.395. The molecule has 0 amide bonds. The Kier molecular flexibility index (Phi) is 5.94. The number of piperidine rings is 2. The highest BCUT2D eigenvalue weighted by Crippen LogP contribution is 2.25. The molecule has 0 spiro atoms. The molecule has 2 fully saturated rings. The van der Waals surface area contributed by atoms with Gasteiger partial charge in [0.2, 0.25) is 16.0 Å². The van der Waals surface area contributed by atoms with Gasteiger partial charge in [0.15, 0.2) is 5.65 Å². The van der Waals surface area contributed by atoms with Crippen molar-refractivity contribution in [1.29, 1.82) is 0 Å². The Hall–Kier alpha value is -2.77. The summed E-state index contributed by atoms with van der Waals surface area (Å²) in [7, 11) is 2.01. The van der Waals surface area contributed by atoms with E-state index in [4.69, 9.17) is 4.98 Å². The zero-order valence-electron chi connectivity index (χ0n) is 19.8. The van der Waals surface area contributed by atoms with Gasteiger partial charge in [0.05, 0.1) is 12.4 Å². The van der Waals surface area contributed by atoms with Crippen LogP contribution in [0.25, 0.3) is 11.2 Å². The van der Waals surface area contributed by atoms with Crippen LogP contribution in [-0.4, -0.2) is 85.8 Å². The first-order valence-corrected chi connectivity index (χ1v) is 13.1. The number of anilines is 1. The smallest absolute Gasteiger partial charge is 0.330 e. The normalized spacial score (nSPS) is 19.7. The number of nitrogens with one attached hydrogen (secondary N) is 1. The van der Waals surface area contributed by atoms with E-state index >= 15 is 0 Å². The van der Waals surface area contributed by atoms with Gasteiger partial charge >= 0.3 is 5.69 Å². The standard InChI is InChI=1S/C21H31N9O3S/c1-26-8-6-16(7-9-26)30-19-18(28(3)21(30)31)13-22-20(25-19)24-15-4-10-29(11-5-15)34(32,33)17-12-23-27(2)14-17/h12-16H,4-11H2,1-3H3,(H,22,24,25). The van der Waals surface area contributed by atoms with Crippen LogP contribution >= 0.6 is 0 Å². The number of nitrogens with zero attached hydrogens (tertiary/aromatic N) is 8. The fourth-order valence-corrected chi connectivity index (χ4v) is 6.35. The Morgan fingerprint density at radius 2 is 1.71 bits per heavy atom. The van der Waals surface area contributed by atoms with Gasteiger partial charge in [0.25, 0.3) is 0 Å². The Morgan fingerprint density at radius 1 is 1.00 bits per heavy atom. The molecule has 3 aromatic rings. The lowest BCUT2D eigenvalue weighted by Gasteiger charge is -2.31. The first-order chi connectivity index (χ1) is 16.2. The molecule has 1 N–H and O–H groups in total. The summed E-state index contributed by atoms with van der Waals surface area (Å²) in [6, 6.07) is 0.168. The van der Waals surface area contributed by atoms with Crippen molar-refractivity contribution < 1.29 is 8.42 Å². The van der Waals surface area contributed by atoms with Gasteiger partial charge < -0.3 is 10.2 Å². The third-order valence-corrected chi connectivity index (χ3v) is 8.84. The molecule has 3 aromatic heterocycles. The third kappa shape index (κ3) is 4.12. The van der Waals surface area contributed by atoms with E-state index in [9.17, 15) is 13.2 Å². The van der Waals surface area contributed by atoms with Gasteiger partial charge in [-0.15, -0.1) is 0 Å². The van der Waals surface area contributed by atoms with E-state index in [0.29, 0.717) is 43.0 Å². The molecule has 0 radical (unpaired) electrons. The Balaban J connectivity index is 1.31. The van der Waals surface area contributed by atoms with Crippen LogP contribution in [0.15, 0.2) is 28.3 Å². The molecule has 184 valence electrons. The lowest BCUT2D eigenvalue weighted by molar-refractivity contribution is 0.220. The highest BCUT2D eigenvalue weighted by Gasteiger charge is 2.31. The maximum atomic E-state index is 13.0. The molecular weight excluding hydrogens is 458 g/mol. The average Bonchev–Trinajstić information content (AvgIpc) is 3.37. The molecule has 5 heterocycles. The topological polar surface area (TPSA) is 123 Å². The molecule has 0 unspecified atom stereocenters. The molecule has 2 saturated heterocycles. The molecule has 5 rings (SSSR count). The van der Waals surface area contributed by atoms with Gasteiger partial charge in [-0.25, -0.2) is 18.2 Å². The predicted molar refractivity (Wildman–Crippen MR) is 127 cm³/mol. The fraction of sp³-hybridized carbons (Fsp3) is 0.619. The molecule has 0 bridgehead atoms. The molecule has 34 heavy (non-hydrogen) atoms. The van der Waals surface area contributed by atoms with Gasteiger partial charge in [-0.3, -0.25) is 13.8 Å². The van der Waals surface area contributed by atoms with Crippen molar-refractivity contribution in [1.82, 2.24) is 38.1 Å². The second kappa shape index (κ2) is 8.78. The van der Waals surface area contributed by atoms with Crippen LogP contribution in [-0.2, 0) is 24.1 Å². The zero-order valence-corrected chi connectivity index (χ0v) is 20.6. The zero-order chi connectivity index (χ0) is 24.0. The van der Waals surface area contributed by atoms with Gasteiger partial charge in [-0.05, 0) is 45.8 Å². The maximum absolute atomic E-state index is 13.0. The van der Waals surface area contributed by atoms with Crippen LogP contribution < -0.4 is 11.0 Å². The Bertz CT molecular complexity index is 1340. The number of likely N-dealkylation sites (tertiary alicyclic amines) is 1. The molecule has 2 aliphatic rings. The van der Waals surface area contributed by atoms with Crippen LogP contribution in [0.3, 0.4) is 0 Å². The van der Waals surface area contributed by atoms with Gasteiger partial charge in [-0.1, -0.05) is 0 Å². The molecule has 0 saturated carbocycles. The lowest BCUT2D eigenvalue weighted by Crippen LogP contribution is -2.42. The van der Waals surface area contributed by atoms with Crippen LogP contribution in [0, 0.1) is 0 Å². The summed E-state index contributed by atoms with van der Waals surface area (Å²) >= 11 is 0. The van der Waals surface area contributed by atoms with E-state index in [1.165, 1.54) is 21.4 Å². The summed E-state index contributed by atoms with van der Waals surface area (Å²) in [5, 5.41) is 7.34. The summed E-state index contributed by atoms with van der Waals surface area (Å²) in [6.45, 7) is 2.71. The third-order valence-electron chi connectivity index (χ3n) is 6.99. The van der Waals surface area contributed by atoms with Crippen molar-refractivity contribution in [3.05, 3.63) is 29.1 Å². The first-order valence-electron chi connectivity index (χ1n) is 11.6. The number of aryl methyl sites for hydroxylation is 2. The van der Waals surface area contributed by atoms with E-state index in [1.807, 2.05) is 4.57 Å². The summed E-state index contributed by atoms with van der Waals surface area (Å²) in [5.41, 5.74) is 1.30. The molecule has 2 aliphatic heterocycles. The van der Waals surface area contributed by atoms with E-state index in [2.05, 4.69) is 27.3 Å². The van der Waals surface area contributed by atoms with Gasteiger partial charge in [-0.2, -0.15) is 14.4 Å². The molecule has 12 nitrogen and oxygen atoms in total. The highest BCUT2D eigenvalue weighted by molar-refractivity contribution is 7.89. The van der Waals surface area contributed by atoms with Crippen molar-refractivity contribution in [2.45, 2.75) is 42.7 Å². The second-order valence-electron chi connectivity index (χ2n) is 9.32. The Morgan fingerprint density at radius 3 is 2.35 bits per heavy atom. The van der Waals surface area contributed by atoms with Crippen molar-refractivity contribution >= 4 is 27.1 Å². The second-order valence-corrected chi connectivity index (χ2v) is 11.3. The molecule has 0 aromatic carbocycles. The first kappa shape index (κ1) is 23.0. The minimum Gasteiger partial charge on any atom is -0.351 e. The van der Waals surface area contributed by atoms with Crippen molar-refractivity contribution in [2.24, 2.45) is 14.1 Å². The van der Waals surface area contributed by atoms with E-state index < -0.39 is 10.0 Å². The number of hydrogen-bond acceptors (Lipinski definition) is 8. The molecule has 13 heteroatoms. The van der Waals surface area contributed by atoms with E-state index in [1.54, 1.807) is 24.9 Å². The van der Waals surface area contributed by atoms with Crippen LogP contribution in [0.2, 0.25) is 0 Å². The largest absolute Gasteiger partial charge is 0.351 e. The maximum Gasteiger partial charge on any atom is 0.330 e. The van der Waals surface area contributed by atoms with Crippen LogP contribution in [0.5, 0.6) is 0 Å². The highest BCUT2D eigenvalue weighted by atomic mass is 32.2. The molecule has 0 aliphatic carbocycles. The van der Waals surface area contributed by atoms with Gasteiger partial charge in [0, 0.05) is 45.5 Å². The van der Waals surface area contributed by atoms with Crippen molar-refractivity contribution in [2.75, 3.05) is 38.5 Å². The van der Waals surface area contributed by atoms with Crippen molar-refractivity contribution in [3.63, 3.8) is 0 Å². The van der Waals surface area contributed by atoms with Crippen LogP contribution in [0.4, 0.5) is 5.95 Å². The SMILES string of the molecule is CN1CCC(n2c(=O)n(C)c3cnc(NC4CCN(S(=O)(=O)c5cnn(C)c5)CC4)nc32)CC1. The lowest BCUT2D eigenvalue weighted by atomic mass is 10.1. The quantitative estimate of drug-likeness (QED) is 0.546. The summed E-state index contributed by atoms with van der Waals surface area (Å²) < 4.78 is 32.1. The van der Waals surface area contributed by atoms with E-state index in [0.717, 1.165) is 25.9 Å². The number of sulfonamides is 1. The average molecular weight is 490 g/mol. The summed E-state index contributed by atoms with van der Waals surface area (Å²) in [4.78, 5) is 24.6. The Labute approximate surface area is 198 Å². The number of imidazole rings is 1. The monoisotopic (exact) mass is 489 g/mol. The van der Waals surface area contributed by atoms with E-state index in [-0.39, 0.29) is 22.7 Å². The number of fused-ring (bicyclic) bond motifs is 1. The molecular formula is C21H31N9O3S. The van der Waals surface area contributed by atoms with Crippen molar-refractivity contribution in [3.8, 4) is 0 Å².